The molecule has 0 fully saturated rings. The third kappa shape index (κ3) is 4.28. The second-order valence-corrected chi connectivity index (χ2v) is 4.82. The maximum Gasteiger partial charge on any atom is 0.253 e. The Morgan fingerprint density at radius 2 is 2.47 bits per heavy atom. The molecule has 0 spiro atoms. The summed E-state index contributed by atoms with van der Waals surface area (Å²) in [6, 6.07) is 0. The van der Waals surface area contributed by atoms with E-state index in [1.54, 1.807) is 6.08 Å². The molecule has 0 bridgehead atoms. The molecule has 1 aliphatic heterocycles. The first-order valence-electron chi connectivity index (χ1n) is 9.99. The number of aromatic nitrogens is 2. The van der Waals surface area contributed by atoms with Crippen molar-refractivity contribution < 1.29 is 14.3 Å². The van der Waals surface area contributed by atoms with Gasteiger partial charge in [0.2, 0.25) is 0 Å². The summed E-state index contributed by atoms with van der Waals surface area (Å²) >= 11 is 0.780. The van der Waals surface area contributed by atoms with Gasteiger partial charge >= 0.3 is 0 Å². The van der Waals surface area contributed by atoms with Crippen LogP contribution in [0.2, 0.25) is 0 Å². The summed E-state index contributed by atoms with van der Waals surface area (Å²) < 4.78 is 68.6. The van der Waals surface area contributed by atoms with Crippen molar-refractivity contribution in [2.75, 3.05) is 26.6 Å². The SMILES string of the molecule is [2H]C([2H])(CCCCC)Oc1nsnc1C1=CCCN(C([2H])([2H])[2H])C1([2H])[2H]. The Morgan fingerprint density at radius 1 is 1.53 bits per heavy atom. The van der Waals surface area contributed by atoms with Crippen molar-refractivity contribution >= 4 is 17.3 Å². The Bertz CT molecular complexity index is 645. The van der Waals surface area contributed by atoms with Gasteiger partial charge in [0.25, 0.3) is 5.88 Å². The molecule has 0 radical (unpaired) electrons. The Kier molecular flexibility index (Phi) is 3.10. The van der Waals surface area contributed by atoms with E-state index in [1.165, 1.54) is 0 Å². The van der Waals surface area contributed by atoms with Crippen molar-refractivity contribution in [1.82, 2.24) is 13.6 Å². The number of likely N-dealkylation sites (N-methyl/N-ethyl adjacent to an activating group) is 1. The van der Waals surface area contributed by atoms with Crippen molar-refractivity contribution in [1.29, 1.82) is 0 Å². The molecule has 2 rings (SSSR count). The van der Waals surface area contributed by atoms with E-state index in [9.17, 15) is 0 Å². The molecule has 0 saturated carbocycles. The van der Waals surface area contributed by atoms with Crippen LogP contribution < -0.4 is 4.74 Å². The number of hydrogen-bond donors (Lipinski definition) is 0. The molecule has 0 aromatic carbocycles. The number of nitrogens with zero attached hydrogens (tertiary/aromatic N) is 3. The molecule has 1 aliphatic rings. The number of hydrogen-bond acceptors (Lipinski definition) is 5. The van der Waals surface area contributed by atoms with Gasteiger partial charge in [-0.15, -0.1) is 4.37 Å². The minimum Gasteiger partial charge on any atom is -0.475 e. The molecule has 1 aromatic heterocycles. The lowest BCUT2D eigenvalue weighted by Gasteiger charge is -2.22. The van der Waals surface area contributed by atoms with Gasteiger partial charge in [-0.25, -0.2) is 0 Å². The van der Waals surface area contributed by atoms with E-state index in [0.717, 1.165) is 29.5 Å². The zero-order valence-corrected chi connectivity index (χ0v) is 11.8. The van der Waals surface area contributed by atoms with Crippen LogP contribution in [0, 0.1) is 0 Å². The third-order valence-electron chi connectivity index (χ3n) is 2.72. The zero-order chi connectivity index (χ0) is 19.6. The summed E-state index contributed by atoms with van der Waals surface area (Å²) in [4.78, 5) is 0.800. The first-order chi connectivity index (χ1) is 12.0. The van der Waals surface area contributed by atoms with E-state index in [2.05, 4.69) is 8.75 Å². The van der Waals surface area contributed by atoms with Crippen LogP contribution in [0.1, 0.15) is 54.3 Å². The van der Waals surface area contributed by atoms with Gasteiger partial charge in [0.1, 0.15) is 5.69 Å². The lowest BCUT2D eigenvalue weighted by atomic mass is 10.1. The molecule has 1 aromatic rings. The molecular weight excluding hydrogens is 258 g/mol. The van der Waals surface area contributed by atoms with Crippen LogP contribution >= 0.6 is 11.7 Å². The van der Waals surface area contributed by atoms with Crippen LogP contribution in [-0.2, 0) is 0 Å². The van der Waals surface area contributed by atoms with Gasteiger partial charge in [0.05, 0.1) is 21.0 Å². The maximum atomic E-state index is 8.29. The first-order valence-corrected chi connectivity index (χ1v) is 7.22. The van der Waals surface area contributed by atoms with Crippen molar-refractivity contribution in [3.63, 3.8) is 0 Å². The topological polar surface area (TPSA) is 38.3 Å². The predicted octanol–water partition coefficient (Wildman–Crippen LogP) is 3.22. The molecule has 0 aliphatic carbocycles. The van der Waals surface area contributed by atoms with Crippen LogP contribution in [-0.4, -0.2) is 40.2 Å². The fraction of sp³-hybridized carbons (Fsp3) is 0.714. The second kappa shape index (κ2) is 7.60. The second-order valence-electron chi connectivity index (χ2n) is 4.29. The molecule has 5 heteroatoms. The molecule has 19 heavy (non-hydrogen) atoms. The van der Waals surface area contributed by atoms with Crippen molar-refractivity contribution in [3.8, 4) is 5.88 Å². The average molecular weight is 288 g/mol. The van der Waals surface area contributed by atoms with Crippen LogP contribution in [0.15, 0.2) is 6.08 Å². The van der Waals surface area contributed by atoms with Gasteiger partial charge in [-0.2, -0.15) is 4.37 Å². The van der Waals surface area contributed by atoms with Crippen LogP contribution in [0.4, 0.5) is 0 Å². The van der Waals surface area contributed by atoms with E-state index < -0.39 is 20.0 Å². The van der Waals surface area contributed by atoms with Crippen LogP contribution in [0.5, 0.6) is 5.88 Å². The molecule has 0 atom stereocenters. The summed E-state index contributed by atoms with van der Waals surface area (Å²) in [7, 11) is 0. The summed E-state index contributed by atoms with van der Waals surface area (Å²) in [5, 5.41) is 0. The summed E-state index contributed by atoms with van der Waals surface area (Å²) in [6.45, 7) is -4.76. The molecule has 0 unspecified atom stereocenters. The highest BCUT2D eigenvalue weighted by atomic mass is 32.1. The van der Waals surface area contributed by atoms with Crippen LogP contribution in [0.3, 0.4) is 0 Å². The minimum absolute atomic E-state index is 0.0491. The Labute approximate surface area is 129 Å². The number of unbranched alkanes of at least 4 members (excludes halogenated alkanes) is 2. The summed E-state index contributed by atoms with van der Waals surface area (Å²) in [5.41, 5.74) is 0.112. The quantitative estimate of drug-likeness (QED) is 0.722. The summed E-state index contributed by atoms with van der Waals surface area (Å²) in [6.07, 6.45) is 4.61. The van der Waals surface area contributed by atoms with Crippen molar-refractivity contribution in [2.24, 2.45) is 0 Å². The van der Waals surface area contributed by atoms with Gasteiger partial charge in [-0.1, -0.05) is 32.3 Å². The predicted molar refractivity (Wildman–Crippen MR) is 79.6 cm³/mol. The van der Waals surface area contributed by atoms with Crippen molar-refractivity contribution in [2.45, 2.75) is 39.0 Å². The fourth-order valence-electron chi connectivity index (χ4n) is 1.71. The molecular formula is C14H23N3OS. The Balaban J connectivity index is 2.25. The highest BCUT2D eigenvalue weighted by Gasteiger charge is 2.18. The monoisotopic (exact) mass is 288 g/mol. The molecule has 2 heterocycles. The van der Waals surface area contributed by atoms with E-state index in [-0.39, 0.29) is 30.1 Å². The van der Waals surface area contributed by atoms with E-state index >= 15 is 0 Å². The van der Waals surface area contributed by atoms with Gasteiger partial charge in [-0.05, 0) is 25.4 Å². The van der Waals surface area contributed by atoms with E-state index in [4.69, 9.17) is 14.3 Å². The number of ether oxygens (including phenoxy) is 1. The van der Waals surface area contributed by atoms with E-state index in [0.29, 0.717) is 12.8 Å². The molecule has 0 amide bonds. The Morgan fingerprint density at radius 3 is 3.32 bits per heavy atom. The van der Waals surface area contributed by atoms with Gasteiger partial charge in [0, 0.05) is 19.9 Å². The zero-order valence-electron chi connectivity index (χ0n) is 18.0. The standard InChI is InChI=1S/C14H23N3OS/c1-3-4-5-6-10-18-14-13(15-19-16-14)12-8-7-9-17(2)11-12/h8H,3-7,9-11H2,1-2H3/i2D3,10D2,11D2. The summed E-state index contributed by atoms with van der Waals surface area (Å²) in [5.74, 6) is -0.0981. The van der Waals surface area contributed by atoms with Crippen LogP contribution in [0.25, 0.3) is 5.57 Å². The minimum atomic E-state index is -2.60. The molecule has 4 nitrogen and oxygen atoms in total. The lowest BCUT2D eigenvalue weighted by Crippen LogP contribution is -2.25. The largest absolute Gasteiger partial charge is 0.475 e. The third-order valence-corrected chi connectivity index (χ3v) is 3.23. The average Bonchev–Trinajstić information content (AvgIpc) is 2.92. The first kappa shape index (κ1) is 7.74. The fourth-order valence-corrected chi connectivity index (χ4v) is 2.21. The highest BCUT2D eigenvalue weighted by molar-refractivity contribution is 6.99. The molecule has 0 saturated heterocycles. The number of rotatable bonds is 7. The molecule has 106 valence electrons. The molecule has 0 N–H and O–H groups in total. The highest BCUT2D eigenvalue weighted by Crippen LogP contribution is 2.27. The van der Waals surface area contributed by atoms with Gasteiger partial charge < -0.3 is 9.64 Å². The van der Waals surface area contributed by atoms with E-state index in [1.807, 2.05) is 6.92 Å². The Hall–Kier alpha value is -0.940. The smallest absolute Gasteiger partial charge is 0.253 e. The maximum absolute atomic E-state index is 8.29. The lowest BCUT2D eigenvalue weighted by molar-refractivity contribution is 0.294. The van der Waals surface area contributed by atoms with Gasteiger partial charge in [0.15, 0.2) is 0 Å². The van der Waals surface area contributed by atoms with Gasteiger partial charge in [-0.3, -0.25) is 0 Å². The van der Waals surface area contributed by atoms with Crippen molar-refractivity contribution in [3.05, 3.63) is 11.8 Å². The normalized spacial score (nSPS) is 25.9.